The number of fused-ring (bicyclic) bond motifs is 2. The number of nitriles is 1. The normalized spacial score (nSPS) is 13.1. The molecule has 0 amide bonds. The van der Waals surface area contributed by atoms with Gasteiger partial charge in [-0.25, -0.2) is 4.98 Å². The first-order valence-electron chi connectivity index (χ1n) is 8.13. The minimum atomic E-state index is 0.466. The Hall–Kier alpha value is -2.93. The van der Waals surface area contributed by atoms with Crippen LogP contribution in [-0.2, 0) is 6.42 Å². The zero-order valence-corrected chi connectivity index (χ0v) is 14.1. The Morgan fingerprint density at radius 2 is 2.04 bits per heavy atom. The van der Waals surface area contributed by atoms with Crippen LogP contribution in [0, 0.1) is 32.1 Å². The lowest BCUT2D eigenvalue weighted by atomic mass is 9.89. The Balaban J connectivity index is 2.15. The third-order valence-electron chi connectivity index (χ3n) is 4.94. The summed E-state index contributed by atoms with van der Waals surface area (Å²) in [5, 5.41) is 10.6. The fraction of sp³-hybridized carbons (Fsp3) is 0.250. The van der Waals surface area contributed by atoms with Gasteiger partial charge in [0.15, 0.2) is 5.69 Å². The van der Waals surface area contributed by atoms with Crippen molar-refractivity contribution in [1.29, 1.82) is 5.26 Å². The van der Waals surface area contributed by atoms with Crippen molar-refractivity contribution in [3.63, 3.8) is 0 Å². The molecule has 118 valence electrons. The topological polar surface area (TPSA) is 64.8 Å². The van der Waals surface area contributed by atoms with Crippen LogP contribution in [0.15, 0.2) is 23.2 Å². The number of aromatic nitrogens is 2. The Morgan fingerprint density at radius 1 is 1.21 bits per heavy atom. The van der Waals surface area contributed by atoms with E-state index in [0.29, 0.717) is 5.69 Å². The SMILES string of the molecule is Cc1nc(C#N)c2[nH]c(C)c(C)c2c1-c1cccc2c1CCN=C2. The van der Waals surface area contributed by atoms with Gasteiger partial charge < -0.3 is 4.98 Å². The molecule has 0 aliphatic carbocycles. The van der Waals surface area contributed by atoms with E-state index in [9.17, 15) is 5.26 Å². The van der Waals surface area contributed by atoms with E-state index < -0.39 is 0 Å². The van der Waals surface area contributed by atoms with Crippen LogP contribution < -0.4 is 0 Å². The van der Waals surface area contributed by atoms with Gasteiger partial charge in [-0.05, 0) is 49.4 Å². The first-order chi connectivity index (χ1) is 11.6. The Kier molecular flexibility index (Phi) is 3.24. The molecule has 4 nitrogen and oxygen atoms in total. The second-order valence-corrected chi connectivity index (χ2v) is 6.32. The van der Waals surface area contributed by atoms with E-state index in [2.05, 4.69) is 46.2 Å². The maximum absolute atomic E-state index is 9.46. The quantitative estimate of drug-likeness (QED) is 0.737. The molecule has 3 aromatic rings. The summed E-state index contributed by atoms with van der Waals surface area (Å²) in [6, 6.07) is 8.58. The highest BCUT2D eigenvalue weighted by atomic mass is 14.8. The zero-order chi connectivity index (χ0) is 16.8. The molecule has 1 aliphatic rings. The molecule has 0 bridgehead atoms. The molecule has 3 heterocycles. The van der Waals surface area contributed by atoms with Crippen molar-refractivity contribution in [2.75, 3.05) is 6.54 Å². The fourth-order valence-corrected chi connectivity index (χ4v) is 3.66. The van der Waals surface area contributed by atoms with E-state index in [-0.39, 0.29) is 0 Å². The summed E-state index contributed by atoms with van der Waals surface area (Å²) in [5.74, 6) is 0. The van der Waals surface area contributed by atoms with Crippen LogP contribution in [0.2, 0.25) is 0 Å². The maximum atomic E-state index is 9.46. The molecule has 0 atom stereocenters. The number of pyridine rings is 1. The molecule has 24 heavy (non-hydrogen) atoms. The fourth-order valence-electron chi connectivity index (χ4n) is 3.66. The molecule has 1 N–H and O–H groups in total. The number of rotatable bonds is 1. The molecular weight excluding hydrogens is 296 g/mol. The monoisotopic (exact) mass is 314 g/mol. The van der Waals surface area contributed by atoms with Gasteiger partial charge >= 0.3 is 0 Å². The van der Waals surface area contributed by atoms with Gasteiger partial charge in [0.2, 0.25) is 0 Å². The molecule has 4 rings (SSSR count). The van der Waals surface area contributed by atoms with Crippen molar-refractivity contribution in [1.82, 2.24) is 9.97 Å². The first kappa shape index (κ1) is 14.6. The molecule has 0 radical (unpaired) electrons. The number of hydrogen-bond acceptors (Lipinski definition) is 3. The van der Waals surface area contributed by atoms with Crippen molar-refractivity contribution >= 4 is 17.1 Å². The maximum Gasteiger partial charge on any atom is 0.164 e. The molecule has 1 aromatic carbocycles. The summed E-state index contributed by atoms with van der Waals surface area (Å²) in [6.45, 7) is 6.96. The highest BCUT2D eigenvalue weighted by molar-refractivity contribution is 6.02. The number of H-pyrrole nitrogens is 1. The molecule has 0 saturated carbocycles. The second kappa shape index (κ2) is 5.31. The lowest BCUT2D eigenvalue weighted by molar-refractivity contribution is 0.954. The van der Waals surface area contributed by atoms with Gasteiger partial charge in [0.25, 0.3) is 0 Å². The van der Waals surface area contributed by atoms with Gasteiger partial charge in [0, 0.05) is 35.1 Å². The van der Waals surface area contributed by atoms with E-state index in [4.69, 9.17) is 0 Å². The van der Waals surface area contributed by atoms with Crippen molar-refractivity contribution in [3.05, 3.63) is 52.0 Å². The molecule has 0 spiro atoms. The predicted molar refractivity (Wildman–Crippen MR) is 96.6 cm³/mol. The van der Waals surface area contributed by atoms with Gasteiger partial charge in [-0.15, -0.1) is 0 Å². The van der Waals surface area contributed by atoms with Crippen LogP contribution in [0.4, 0.5) is 0 Å². The average Bonchev–Trinajstić information content (AvgIpc) is 2.89. The van der Waals surface area contributed by atoms with Gasteiger partial charge in [0.1, 0.15) is 6.07 Å². The van der Waals surface area contributed by atoms with E-state index in [1.54, 1.807) is 0 Å². The highest BCUT2D eigenvalue weighted by Crippen LogP contribution is 2.38. The highest BCUT2D eigenvalue weighted by Gasteiger charge is 2.21. The van der Waals surface area contributed by atoms with E-state index in [1.807, 2.05) is 20.1 Å². The molecular formula is C20H18N4. The minimum absolute atomic E-state index is 0.466. The van der Waals surface area contributed by atoms with Gasteiger partial charge in [0.05, 0.1) is 5.52 Å². The third-order valence-corrected chi connectivity index (χ3v) is 4.94. The number of aryl methyl sites for hydroxylation is 3. The van der Waals surface area contributed by atoms with Crippen molar-refractivity contribution < 1.29 is 0 Å². The zero-order valence-electron chi connectivity index (χ0n) is 14.1. The Labute approximate surface area is 140 Å². The summed E-state index contributed by atoms with van der Waals surface area (Å²) >= 11 is 0. The van der Waals surface area contributed by atoms with E-state index in [0.717, 1.165) is 40.8 Å². The first-order valence-corrected chi connectivity index (χ1v) is 8.13. The second-order valence-electron chi connectivity index (χ2n) is 6.32. The van der Waals surface area contributed by atoms with Crippen LogP contribution in [-0.4, -0.2) is 22.7 Å². The average molecular weight is 314 g/mol. The molecule has 0 saturated heterocycles. The van der Waals surface area contributed by atoms with Gasteiger partial charge in [-0.3, -0.25) is 4.99 Å². The summed E-state index contributed by atoms with van der Waals surface area (Å²) in [7, 11) is 0. The van der Waals surface area contributed by atoms with Gasteiger partial charge in [-0.1, -0.05) is 18.2 Å². The Morgan fingerprint density at radius 3 is 2.83 bits per heavy atom. The van der Waals surface area contributed by atoms with Crippen LogP contribution in [0.5, 0.6) is 0 Å². The molecule has 2 aromatic heterocycles. The van der Waals surface area contributed by atoms with Crippen molar-refractivity contribution in [3.8, 4) is 17.2 Å². The molecule has 0 unspecified atom stereocenters. The number of nitrogens with one attached hydrogen (secondary N) is 1. The standard InChI is InChI=1S/C20H18N4/c1-11-12(2)24-20-17(9-21)23-13(3)19(18(11)20)16-6-4-5-14-10-22-8-7-15(14)16/h4-6,10,24H,7-8H2,1-3H3. The van der Waals surface area contributed by atoms with E-state index >= 15 is 0 Å². The summed E-state index contributed by atoms with van der Waals surface area (Å²) in [6.07, 6.45) is 2.90. The Bertz CT molecular complexity index is 1050. The molecule has 0 fully saturated rings. The van der Waals surface area contributed by atoms with Crippen molar-refractivity contribution in [2.45, 2.75) is 27.2 Å². The number of aromatic amines is 1. The summed E-state index contributed by atoms with van der Waals surface area (Å²) < 4.78 is 0. The van der Waals surface area contributed by atoms with Crippen LogP contribution >= 0.6 is 0 Å². The number of nitrogens with zero attached hydrogens (tertiary/aromatic N) is 3. The summed E-state index contributed by atoms with van der Waals surface area (Å²) in [4.78, 5) is 12.3. The number of hydrogen-bond donors (Lipinski definition) is 1. The minimum Gasteiger partial charge on any atom is -0.356 e. The largest absolute Gasteiger partial charge is 0.356 e. The van der Waals surface area contributed by atoms with Crippen molar-refractivity contribution in [2.24, 2.45) is 4.99 Å². The lowest BCUT2D eigenvalue weighted by Crippen LogP contribution is -2.06. The summed E-state index contributed by atoms with van der Waals surface area (Å²) in [5.41, 5.74) is 9.33. The van der Waals surface area contributed by atoms with E-state index in [1.165, 1.54) is 22.3 Å². The number of aliphatic imine (C=N–C) groups is 1. The predicted octanol–water partition coefficient (Wildman–Crippen LogP) is 4.00. The van der Waals surface area contributed by atoms with Crippen LogP contribution in [0.1, 0.15) is 33.8 Å². The van der Waals surface area contributed by atoms with Gasteiger partial charge in [-0.2, -0.15) is 5.26 Å². The van der Waals surface area contributed by atoms with Crippen LogP contribution in [0.25, 0.3) is 22.0 Å². The smallest absolute Gasteiger partial charge is 0.164 e. The van der Waals surface area contributed by atoms with Crippen LogP contribution in [0.3, 0.4) is 0 Å². The molecule has 4 heteroatoms. The number of benzene rings is 1. The molecule has 1 aliphatic heterocycles. The lowest BCUT2D eigenvalue weighted by Gasteiger charge is -2.18. The third kappa shape index (κ3) is 1.98.